The normalized spacial score (nSPS) is 18.8. The van der Waals surface area contributed by atoms with Crippen LogP contribution in [0.1, 0.15) is 43.9 Å². The molecule has 3 aromatic heterocycles. The third-order valence-electron chi connectivity index (χ3n) is 6.31. The smallest absolute Gasteiger partial charge is 0.264 e. The molecule has 1 N–H and O–H groups in total. The van der Waals surface area contributed by atoms with E-state index in [2.05, 4.69) is 15.5 Å². The van der Waals surface area contributed by atoms with Crippen molar-refractivity contribution < 1.29 is 9.32 Å². The van der Waals surface area contributed by atoms with Gasteiger partial charge in [0.15, 0.2) is 0 Å². The summed E-state index contributed by atoms with van der Waals surface area (Å²) in [6.07, 6.45) is 5.56. The van der Waals surface area contributed by atoms with Gasteiger partial charge in [-0.05, 0) is 56.4 Å². The molecule has 1 amide bonds. The van der Waals surface area contributed by atoms with Crippen LogP contribution in [0, 0.1) is 12.8 Å². The molecular formula is C24H23ClN4O3. The standard InChI is InChI=1S/C24H23ClN4O3/c1-14-21-23(28-32-14)22-17(25)8-5-9-18(22)29(24(21)31)16-7-4-6-15(12-16)13-20(30)27-19-10-2-3-11-26-19/h2-3,5,8-11,15-16H,4,6-7,12-13H2,1H3,(H,26,27,30)/t15-,16+/m1/s1. The Morgan fingerprint density at radius 3 is 2.91 bits per heavy atom. The van der Waals surface area contributed by atoms with Crippen LogP contribution in [0.2, 0.25) is 5.02 Å². The lowest BCUT2D eigenvalue weighted by Gasteiger charge is -2.31. The average Bonchev–Trinajstić information content (AvgIpc) is 3.16. The van der Waals surface area contributed by atoms with E-state index in [0.29, 0.717) is 33.9 Å². The molecule has 4 aromatic rings. The molecule has 0 unspecified atom stereocenters. The van der Waals surface area contributed by atoms with Gasteiger partial charge >= 0.3 is 0 Å². The van der Waals surface area contributed by atoms with E-state index >= 15 is 0 Å². The summed E-state index contributed by atoms with van der Waals surface area (Å²) in [5, 5.41) is 8.72. The van der Waals surface area contributed by atoms with Gasteiger partial charge in [0, 0.05) is 24.0 Å². The molecule has 0 radical (unpaired) electrons. The molecule has 0 bridgehead atoms. The second kappa shape index (κ2) is 8.39. The molecule has 7 nitrogen and oxygen atoms in total. The minimum absolute atomic E-state index is 0.0245. The number of hydrogen-bond acceptors (Lipinski definition) is 5. The maximum absolute atomic E-state index is 13.5. The number of halogens is 1. The monoisotopic (exact) mass is 450 g/mol. The number of fused-ring (bicyclic) bond motifs is 3. The number of carbonyl (C=O) groups is 1. The Morgan fingerprint density at radius 2 is 2.09 bits per heavy atom. The number of benzene rings is 1. The molecule has 0 aliphatic heterocycles. The van der Waals surface area contributed by atoms with E-state index < -0.39 is 0 Å². The van der Waals surface area contributed by atoms with E-state index in [4.69, 9.17) is 16.1 Å². The summed E-state index contributed by atoms with van der Waals surface area (Å²) < 4.78 is 7.19. The zero-order valence-electron chi connectivity index (χ0n) is 17.7. The van der Waals surface area contributed by atoms with Gasteiger partial charge in [-0.15, -0.1) is 0 Å². The summed E-state index contributed by atoms with van der Waals surface area (Å²) in [6, 6.07) is 10.9. The molecule has 1 aromatic carbocycles. The van der Waals surface area contributed by atoms with E-state index in [-0.39, 0.29) is 23.4 Å². The molecule has 2 atom stereocenters. The Balaban J connectivity index is 1.48. The Morgan fingerprint density at radius 1 is 1.22 bits per heavy atom. The first-order valence-corrected chi connectivity index (χ1v) is 11.2. The van der Waals surface area contributed by atoms with Crippen LogP contribution in [-0.2, 0) is 4.79 Å². The van der Waals surface area contributed by atoms with Crippen molar-refractivity contribution in [1.82, 2.24) is 14.7 Å². The van der Waals surface area contributed by atoms with Crippen LogP contribution in [0.4, 0.5) is 5.82 Å². The lowest BCUT2D eigenvalue weighted by atomic mass is 9.83. The maximum atomic E-state index is 13.5. The number of aromatic nitrogens is 3. The van der Waals surface area contributed by atoms with Crippen LogP contribution in [0.3, 0.4) is 0 Å². The summed E-state index contributed by atoms with van der Waals surface area (Å²) in [5.41, 5.74) is 1.15. The van der Waals surface area contributed by atoms with Crippen molar-refractivity contribution in [3.8, 4) is 0 Å². The number of nitrogens with one attached hydrogen (secondary N) is 1. The highest BCUT2D eigenvalue weighted by atomic mass is 35.5. The Kier molecular flexibility index (Phi) is 5.43. The predicted molar refractivity (Wildman–Crippen MR) is 124 cm³/mol. The molecular weight excluding hydrogens is 428 g/mol. The van der Waals surface area contributed by atoms with E-state index in [9.17, 15) is 9.59 Å². The number of nitrogens with zero attached hydrogens (tertiary/aromatic N) is 3. The van der Waals surface area contributed by atoms with Gasteiger partial charge in [-0.1, -0.05) is 35.3 Å². The van der Waals surface area contributed by atoms with Crippen LogP contribution < -0.4 is 10.9 Å². The fourth-order valence-electron chi connectivity index (χ4n) is 4.91. The van der Waals surface area contributed by atoms with E-state index in [1.54, 1.807) is 25.3 Å². The second-order valence-electron chi connectivity index (χ2n) is 8.43. The highest BCUT2D eigenvalue weighted by Gasteiger charge is 2.29. The number of carbonyl (C=O) groups excluding carboxylic acids is 1. The molecule has 0 spiro atoms. The van der Waals surface area contributed by atoms with Gasteiger partial charge in [-0.25, -0.2) is 4.98 Å². The fourth-order valence-corrected chi connectivity index (χ4v) is 5.17. The molecule has 32 heavy (non-hydrogen) atoms. The van der Waals surface area contributed by atoms with Crippen LogP contribution in [0.25, 0.3) is 21.8 Å². The van der Waals surface area contributed by atoms with E-state index in [1.165, 1.54) is 0 Å². The average molecular weight is 451 g/mol. The molecule has 8 heteroatoms. The Bertz CT molecular complexity index is 1360. The quantitative estimate of drug-likeness (QED) is 0.458. The Labute approximate surface area is 189 Å². The van der Waals surface area contributed by atoms with E-state index in [0.717, 1.165) is 36.6 Å². The van der Waals surface area contributed by atoms with Crippen LogP contribution in [-0.4, -0.2) is 20.6 Å². The molecule has 3 heterocycles. The van der Waals surface area contributed by atoms with Gasteiger partial charge < -0.3 is 14.4 Å². The molecule has 1 aliphatic rings. The van der Waals surface area contributed by atoms with Crippen LogP contribution >= 0.6 is 11.6 Å². The number of aryl methyl sites for hydroxylation is 1. The SMILES string of the molecule is Cc1onc2c1c(=O)n([C@H]1CCC[C@@H](CC(=O)Nc3ccccn3)C1)c1cccc(Cl)c21. The first kappa shape index (κ1) is 20.7. The van der Waals surface area contributed by atoms with E-state index in [1.807, 2.05) is 28.8 Å². The lowest BCUT2D eigenvalue weighted by Crippen LogP contribution is -2.30. The van der Waals surface area contributed by atoms with Crippen molar-refractivity contribution in [2.24, 2.45) is 5.92 Å². The van der Waals surface area contributed by atoms with Crippen molar-refractivity contribution in [3.05, 3.63) is 63.7 Å². The predicted octanol–water partition coefficient (Wildman–Crippen LogP) is 5.26. The lowest BCUT2D eigenvalue weighted by molar-refractivity contribution is -0.117. The van der Waals surface area contributed by atoms with Gasteiger partial charge in [0.1, 0.15) is 22.5 Å². The molecule has 1 aliphatic carbocycles. The van der Waals surface area contributed by atoms with Gasteiger partial charge in [0.25, 0.3) is 5.56 Å². The number of amides is 1. The van der Waals surface area contributed by atoms with Gasteiger partial charge in [-0.3, -0.25) is 9.59 Å². The number of hydrogen-bond donors (Lipinski definition) is 1. The molecule has 1 saturated carbocycles. The molecule has 5 rings (SSSR count). The Hall–Kier alpha value is -3.19. The summed E-state index contributed by atoms with van der Waals surface area (Å²) in [6.45, 7) is 1.75. The first-order valence-electron chi connectivity index (χ1n) is 10.8. The van der Waals surface area contributed by atoms with Gasteiger partial charge in [-0.2, -0.15) is 0 Å². The zero-order valence-corrected chi connectivity index (χ0v) is 18.4. The minimum Gasteiger partial charge on any atom is -0.360 e. The molecule has 0 saturated heterocycles. The number of anilines is 1. The number of rotatable bonds is 4. The summed E-state index contributed by atoms with van der Waals surface area (Å²) in [7, 11) is 0. The van der Waals surface area contributed by atoms with Crippen LogP contribution in [0.15, 0.2) is 51.9 Å². The minimum atomic E-state index is -0.114. The summed E-state index contributed by atoms with van der Waals surface area (Å²) in [5.74, 6) is 1.16. The zero-order chi connectivity index (χ0) is 22.2. The largest absolute Gasteiger partial charge is 0.360 e. The highest BCUT2D eigenvalue weighted by Crippen LogP contribution is 2.38. The van der Waals surface area contributed by atoms with Crippen molar-refractivity contribution in [2.45, 2.75) is 45.1 Å². The van der Waals surface area contributed by atoms with Crippen molar-refractivity contribution >= 4 is 45.1 Å². The summed E-state index contributed by atoms with van der Waals surface area (Å²) in [4.78, 5) is 30.3. The third kappa shape index (κ3) is 3.66. The van der Waals surface area contributed by atoms with Gasteiger partial charge in [0.05, 0.1) is 10.5 Å². The maximum Gasteiger partial charge on any atom is 0.264 e. The van der Waals surface area contributed by atoms with Crippen molar-refractivity contribution in [2.75, 3.05) is 5.32 Å². The highest BCUT2D eigenvalue weighted by molar-refractivity contribution is 6.37. The van der Waals surface area contributed by atoms with Crippen molar-refractivity contribution in [1.29, 1.82) is 0 Å². The summed E-state index contributed by atoms with van der Waals surface area (Å²) >= 11 is 6.53. The van der Waals surface area contributed by atoms with Crippen molar-refractivity contribution in [3.63, 3.8) is 0 Å². The first-order chi connectivity index (χ1) is 15.5. The van der Waals surface area contributed by atoms with Crippen LogP contribution in [0.5, 0.6) is 0 Å². The number of pyridine rings is 2. The third-order valence-corrected chi connectivity index (χ3v) is 6.63. The fraction of sp³-hybridized carbons (Fsp3) is 0.333. The molecule has 164 valence electrons. The molecule has 1 fully saturated rings. The second-order valence-corrected chi connectivity index (χ2v) is 8.83. The van der Waals surface area contributed by atoms with Gasteiger partial charge in [0.2, 0.25) is 5.91 Å². The topological polar surface area (TPSA) is 90.0 Å².